The molecule has 2 aliphatic rings. The van der Waals surface area contributed by atoms with Crippen molar-refractivity contribution >= 4 is 5.70 Å². The lowest BCUT2D eigenvalue weighted by Crippen LogP contribution is -2.53. The van der Waals surface area contributed by atoms with E-state index in [0.29, 0.717) is 35.9 Å². The van der Waals surface area contributed by atoms with Gasteiger partial charge in [0.15, 0.2) is 0 Å². The third-order valence-electron chi connectivity index (χ3n) is 7.32. The van der Waals surface area contributed by atoms with Gasteiger partial charge in [0, 0.05) is 29.9 Å². The summed E-state index contributed by atoms with van der Waals surface area (Å²) in [5, 5.41) is 3.87. The highest BCUT2D eigenvalue weighted by Gasteiger charge is 2.32. The van der Waals surface area contributed by atoms with E-state index in [9.17, 15) is 0 Å². The number of benzene rings is 1. The standard InChI is InChI=1S/C28H42N2/c1-18(2)25-15-12-16-26(19(3)4)28(25)27-17-30(23(8)21(6)29-27)22(7)20(5)24-13-10-9-11-14-24/h9-10,12-13,15-23,29H,11,14H2,1-8H3. The van der Waals surface area contributed by atoms with E-state index in [0.717, 1.165) is 0 Å². The van der Waals surface area contributed by atoms with Gasteiger partial charge in [-0.3, -0.25) is 0 Å². The maximum atomic E-state index is 3.87. The molecule has 3 rings (SSSR count). The van der Waals surface area contributed by atoms with Crippen molar-refractivity contribution in [3.63, 3.8) is 0 Å². The maximum Gasteiger partial charge on any atom is 0.0584 e. The minimum atomic E-state index is 0.403. The van der Waals surface area contributed by atoms with Crippen molar-refractivity contribution in [3.05, 3.63) is 64.9 Å². The number of rotatable bonds is 6. The predicted octanol–water partition coefficient (Wildman–Crippen LogP) is 7.22. The second-order valence-corrected chi connectivity index (χ2v) is 10.0. The zero-order valence-electron chi connectivity index (χ0n) is 20.4. The molecule has 1 aromatic rings. The van der Waals surface area contributed by atoms with Crippen molar-refractivity contribution in [2.75, 3.05) is 0 Å². The van der Waals surface area contributed by atoms with Gasteiger partial charge < -0.3 is 10.2 Å². The Bertz CT molecular complexity index is 801. The molecule has 30 heavy (non-hydrogen) atoms. The lowest BCUT2D eigenvalue weighted by Gasteiger charge is -2.45. The molecule has 1 aromatic carbocycles. The molecule has 0 spiro atoms. The Morgan fingerprint density at radius 3 is 2.13 bits per heavy atom. The normalized spacial score (nSPS) is 23.9. The second kappa shape index (κ2) is 9.45. The smallest absolute Gasteiger partial charge is 0.0584 e. The van der Waals surface area contributed by atoms with Crippen molar-refractivity contribution in [1.82, 2.24) is 10.2 Å². The second-order valence-electron chi connectivity index (χ2n) is 10.0. The lowest BCUT2D eigenvalue weighted by atomic mass is 9.84. The van der Waals surface area contributed by atoms with Gasteiger partial charge in [-0.15, -0.1) is 0 Å². The van der Waals surface area contributed by atoms with E-state index < -0.39 is 0 Å². The van der Waals surface area contributed by atoms with Crippen molar-refractivity contribution in [1.29, 1.82) is 0 Å². The van der Waals surface area contributed by atoms with Gasteiger partial charge in [0.25, 0.3) is 0 Å². The van der Waals surface area contributed by atoms with Crippen LogP contribution in [0.3, 0.4) is 0 Å². The summed E-state index contributed by atoms with van der Waals surface area (Å²) in [6.07, 6.45) is 11.7. The van der Waals surface area contributed by atoms with E-state index in [1.807, 2.05) is 0 Å². The third kappa shape index (κ3) is 4.53. The summed E-state index contributed by atoms with van der Waals surface area (Å²) in [6.45, 7) is 18.7. The molecule has 1 heterocycles. The number of hydrogen-bond donors (Lipinski definition) is 1. The van der Waals surface area contributed by atoms with Gasteiger partial charge in [0.2, 0.25) is 0 Å². The molecule has 2 nitrogen and oxygen atoms in total. The van der Waals surface area contributed by atoms with Crippen molar-refractivity contribution in [3.8, 4) is 0 Å². The summed E-state index contributed by atoms with van der Waals surface area (Å²) in [4.78, 5) is 2.63. The van der Waals surface area contributed by atoms with Gasteiger partial charge in [-0.1, -0.05) is 76.6 Å². The van der Waals surface area contributed by atoms with Crippen molar-refractivity contribution in [2.45, 2.75) is 98.2 Å². The van der Waals surface area contributed by atoms with Gasteiger partial charge in [-0.2, -0.15) is 0 Å². The van der Waals surface area contributed by atoms with Crippen LogP contribution in [0.25, 0.3) is 5.70 Å². The molecule has 0 saturated carbocycles. The molecular weight excluding hydrogens is 364 g/mol. The largest absolute Gasteiger partial charge is 0.379 e. The van der Waals surface area contributed by atoms with Gasteiger partial charge in [0.1, 0.15) is 0 Å². The molecule has 0 aromatic heterocycles. The predicted molar refractivity (Wildman–Crippen MR) is 132 cm³/mol. The van der Waals surface area contributed by atoms with Gasteiger partial charge in [-0.25, -0.2) is 0 Å². The Labute approximate surface area is 185 Å². The van der Waals surface area contributed by atoms with Crippen LogP contribution in [0.5, 0.6) is 0 Å². The summed E-state index contributed by atoms with van der Waals surface area (Å²) in [6, 6.07) is 8.18. The highest BCUT2D eigenvalue weighted by Crippen LogP contribution is 2.36. The summed E-state index contributed by atoms with van der Waals surface area (Å²) < 4.78 is 0. The van der Waals surface area contributed by atoms with Crippen LogP contribution in [-0.4, -0.2) is 23.0 Å². The Kier molecular flexibility index (Phi) is 7.16. The van der Waals surface area contributed by atoms with Crippen LogP contribution in [0.2, 0.25) is 0 Å². The van der Waals surface area contributed by atoms with E-state index in [2.05, 4.69) is 108 Å². The topological polar surface area (TPSA) is 15.3 Å². The molecule has 0 bridgehead atoms. The highest BCUT2D eigenvalue weighted by molar-refractivity contribution is 5.71. The average Bonchev–Trinajstić information content (AvgIpc) is 2.74. The van der Waals surface area contributed by atoms with Crippen molar-refractivity contribution in [2.24, 2.45) is 5.92 Å². The highest BCUT2D eigenvalue weighted by atomic mass is 15.2. The fourth-order valence-corrected chi connectivity index (χ4v) is 4.98. The minimum Gasteiger partial charge on any atom is -0.379 e. The van der Waals surface area contributed by atoms with E-state index in [1.54, 1.807) is 5.57 Å². The molecule has 4 atom stereocenters. The molecule has 1 N–H and O–H groups in total. The molecule has 4 unspecified atom stereocenters. The Balaban J connectivity index is 2.04. The van der Waals surface area contributed by atoms with Gasteiger partial charge in [0.05, 0.1) is 5.70 Å². The first kappa shape index (κ1) is 22.7. The summed E-state index contributed by atoms with van der Waals surface area (Å²) in [5.74, 6) is 1.55. The number of hydrogen-bond acceptors (Lipinski definition) is 2. The van der Waals surface area contributed by atoms with Crippen LogP contribution < -0.4 is 5.32 Å². The molecule has 2 heteroatoms. The van der Waals surface area contributed by atoms with Crippen LogP contribution in [0.15, 0.2) is 48.2 Å². The quantitative estimate of drug-likeness (QED) is 0.536. The van der Waals surface area contributed by atoms with Crippen LogP contribution in [-0.2, 0) is 0 Å². The molecule has 1 aliphatic heterocycles. The van der Waals surface area contributed by atoms with E-state index in [1.165, 1.54) is 35.2 Å². The molecule has 0 fully saturated rings. The maximum absolute atomic E-state index is 3.87. The van der Waals surface area contributed by atoms with Crippen molar-refractivity contribution < 1.29 is 0 Å². The third-order valence-corrected chi connectivity index (χ3v) is 7.32. The van der Waals surface area contributed by atoms with E-state index in [4.69, 9.17) is 0 Å². The molecule has 0 amide bonds. The molecule has 1 aliphatic carbocycles. The van der Waals surface area contributed by atoms with E-state index >= 15 is 0 Å². The lowest BCUT2D eigenvalue weighted by molar-refractivity contribution is 0.158. The average molecular weight is 407 g/mol. The molecular formula is C28H42N2. The van der Waals surface area contributed by atoms with Crippen LogP contribution >= 0.6 is 0 Å². The molecule has 0 saturated heterocycles. The minimum absolute atomic E-state index is 0.403. The van der Waals surface area contributed by atoms with Crippen LogP contribution in [0.1, 0.15) is 96.8 Å². The van der Waals surface area contributed by atoms with Crippen LogP contribution in [0, 0.1) is 5.92 Å². The number of nitrogens with zero attached hydrogens (tertiary/aromatic N) is 1. The summed E-state index contributed by atoms with van der Waals surface area (Å²) in [7, 11) is 0. The summed E-state index contributed by atoms with van der Waals surface area (Å²) in [5.41, 5.74) is 7.20. The number of allylic oxidation sites excluding steroid dienone is 3. The SMILES string of the molecule is CC(C)c1cccc(C(C)C)c1C1=CN(C(C)C(C)C2=CC=CCC2)C(C)C(C)N1. The Morgan fingerprint density at radius 1 is 0.967 bits per heavy atom. The summed E-state index contributed by atoms with van der Waals surface area (Å²) >= 11 is 0. The monoisotopic (exact) mass is 406 g/mol. The van der Waals surface area contributed by atoms with Gasteiger partial charge in [-0.05, 0) is 62.5 Å². The van der Waals surface area contributed by atoms with Gasteiger partial charge >= 0.3 is 0 Å². The molecule has 0 radical (unpaired) electrons. The Morgan fingerprint density at radius 2 is 1.60 bits per heavy atom. The number of nitrogens with one attached hydrogen (secondary N) is 1. The zero-order chi connectivity index (χ0) is 22.0. The van der Waals surface area contributed by atoms with Crippen LogP contribution in [0.4, 0.5) is 0 Å². The fourth-order valence-electron chi connectivity index (χ4n) is 4.98. The fraction of sp³-hybridized carbons (Fsp3) is 0.571. The first-order chi connectivity index (χ1) is 14.2. The first-order valence-corrected chi connectivity index (χ1v) is 12.0. The molecule has 164 valence electrons. The van der Waals surface area contributed by atoms with E-state index in [-0.39, 0.29) is 0 Å². The Hall–Kier alpha value is -1.96. The zero-order valence-corrected chi connectivity index (χ0v) is 20.4. The first-order valence-electron chi connectivity index (χ1n) is 12.0.